The third-order valence-corrected chi connectivity index (χ3v) is 3.73. The Bertz CT molecular complexity index is 524. The van der Waals surface area contributed by atoms with Crippen molar-refractivity contribution in [3.63, 3.8) is 0 Å². The number of hydrogen-bond donors (Lipinski definition) is 1. The van der Waals surface area contributed by atoms with Crippen LogP contribution >= 0.6 is 15.9 Å². The van der Waals surface area contributed by atoms with E-state index in [0.29, 0.717) is 0 Å². The van der Waals surface area contributed by atoms with Gasteiger partial charge in [-0.15, -0.1) is 5.10 Å². The quantitative estimate of drug-likeness (QED) is 0.888. The molecule has 0 saturated carbocycles. The Kier molecular flexibility index (Phi) is 5.10. The van der Waals surface area contributed by atoms with Gasteiger partial charge in [0.15, 0.2) is 0 Å². The van der Waals surface area contributed by atoms with E-state index in [2.05, 4.69) is 63.6 Å². The van der Waals surface area contributed by atoms with Gasteiger partial charge in [0.05, 0.1) is 17.9 Å². The molecule has 0 aliphatic heterocycles. The molecule has 0 saturated heterocycles. The molecule has 1 atom stereocenters. The zero-order valence-corrected chi connectivity index (χ0v) is 12.9. The van der Waals surface area contributed by atoms with Crippen LogP contribution in [0.25, 0.3) is 0 Å². The van der Waals surface area contributed by atoms with Gasteiger partial charge in [0, 0.05) is 11.0 Å². The molecule has 0 bridgehead atoms. The van der Waals surface area contributed by atoms with E-state index in [1.807, 2.05) is 16.9 Å². The number of hydrogen-bond acceptors (Lipinski definition) is 3. The van der Waals surface area contributed by atoms with Crippen LogP contribution in [-0.2, 0) is 6.54 Å². The van der Waals surface area contributed by atoms with Crippen molar-refractivity contribution in [1.29, 1.82) is 0 Å². The van der Waals surface area contributed by atoms with Crippen molar-refractivity contribution < 1.29 is 0 Å². The van der Waals surface area contributed by atoms with E-state index in [-0.39, 0.29) is 6.04 Å². The number of rotatable bonds is 6. The molecule has 102 valence electrons. The topological polar surface area (TPSA) is 42.7 Å². The van der Waals surface area contributed by atoms with Crippen molar-refractivity contribution in [2.75, 3.05) is 6.54 Å². The predicted molar refractivity (Wildman–Crippen MR) is 80.0 cm³/mol. The maximum absolute atomic E-state index is 4.18. The SMILES string of the molecule is CCCn1nncc1C(NCC)c1ccccc1Br. The van der Waals surface area contributed by atoms with Crippen LogP contribution < -0.4 is 5.32 Å². The van der Waals surface area contributed by atoms with Crippen molar-refractivity contribution in [2.45, 2.75) is 32.9 Å². The maximum Gasteiger partial charge on any atom is 0.0802 e. The summed E-state index contributed by atoms with van der Waals surface area (Å²) in [4.78, 5) is 0. The number of nitrogens with one attached hydrogen (secondary N) is 1. The second kappa shape index (κ2) is 6.82. The summed E-state index contributed by atoms with van der Waals surface area (Å²) in [5.41, 5.74) is 2.32. The Balaban J connectivity index is 2.40. The number of aromatic nitrogens is 3. The van der Waals surface area contributed by atoms with E-state index in [1.54, 1.807) is 0 Å². The minimum Gasteiger partial charge on any atom is -0.305 e. The van der Waals surface area contributed by atoms with Crippen LogP contribution in [0.4, 0.5) is 0 Å². The largest absolute Gasteiger partial charge is 0.305 e. The van der Waals surface area contributed by atoms with Crippen LogP contribution in [0, 0.1) is 0 Å². The second-order valence-corrected chi connectivity index (χ2v) is 5.25. The number of nitrogens with zero attached hydrogens (tertiary/aromatic N) is 3. The molecule has 0 spiro atoms. The summed E-state index contributed by atoms with van der Waals surface area (Å²) in [7, 11) is 0. The van der Waals surface area contributed by atoms with Crippen molar-refractivity contribution in [1.82, 2.24) is 20.3 Å². The molecule has 1 unspecified atom stereocenters. The first-order chi connectivity index (χ1) is 9.27. The van der Waals surface area contributed by atoms with E-state index in [4.69, 9.17) is 0 Å². The third-order valence-electron chi connectivity index (χ3n) is 3.00. The molecule has 1 aromatic carbocycles. The lowest BCUT2D eigenvalue weighted by Crippen LogP contribution is -2.25. The monoisotopic (exact) mass is 322 g/mol. The van der Waals surface area contributed by atoms with E-state index < -0.39 is 0 Å². The van der Waals surface area contributed by atoms with Crippen LogP contribution in [0.15, 0.2) is 34.9 Å². The summed E-state index contributed by atoms with van der Waals surface area (Å²) in [6.07, 6.45) is 2.90. The Morgan fingerprint density at radius 2 is 2.11 bits per heavy atom. The van der Waals surface area contributed by atoms with Crippen molar-refractivity contribution in [2.24, 2.45) is 0 Å². The molecule has 0 fully saturated rings. The van der Waals surface area contributed by atoms with Gasteiger partial charge in [-0.1, -0.05) is 53.2 Å². The smallest absolute Gasteiger partial charge is 0.0802 e. The number of halogens is 1. The van der Waals surface area contributed by atoms with Crippen LogP contribution in [0.5, 0.6) is 0 Å². The first-order valence-corrected chi connectivity index (χ1v) is 7.43. The Labute approximate surface area is 122 Å². The Morgan fingerprint density at radius 3 is 2.79 bits per heavy atom. The first kappa shape index (κ1) is 14.2. The molecule has 1 N–H and O–H groups in total. The summed E-state index contributed by atoms with van der Waals surface area (Å²) < 4.78 is 3.08. The van der Waals surface area contributed by atoms with Crippen LogP contribution in [0.2, 0.25) is 0 Å². The molecule has 0 radical (unpaired) electrons. The Morgan fingerprint density at radius 1 is 1.32 bits per heavy atom. The van der Waals surface area contributed by atoms with Crippen molar-refractivity contribution in [3.8, 4) is 0 Å². The van der Waals surface area contributed by atoms with E-state index >= 15 is 0 Å². The zero-order valence-electron chi connectivity index (χ0n) is 11.3. The van der Waals surface area contributed by atoms with E-state index in [0.717, 1.165) is 29.7 Å². The predicted octanol–water partition coefficient (Wildman–Crippen LogP) is 3.15. The minimum atomic E-state index is 0.113. The van der Waals surface area contributed by atoms with Gasteiger partial charge in [-0.2, -0.15) is 0 Å². The lowest BCUT2D eigenvalue weighted by atomic mass is 10.0. The normalized spacial score (nSPS) is 12.6. The summed E-state index contributed by atoms with van der Waals surface area (Å²) in [6.45, 7) is 6.04. The standard InChI is InChI=1S/C14H19BrN4/c1-3-9-19-13(10-17-18-19)14(16-4-2)11-7-5-6-8-12(11)15/h5-8,10,14,16H,3-4,9H2,1-2H3. The molecule has 19 heavy (non-hydrogen) atoms. The highest BCUT2D eigenvalue weighted by molar-refractivity contribution is 9.10. The molecule has 0 aliphatic rings. The molecule has 2 rings (SSSR count). The minimum absolute atomic E-state index is 0.113. The van der Waals surface area contributed by atoms with Gasteiger partial charge < -0.3 is 5.32 Å². The van der Waals surface area contributed by atoms with E-state index in [1.165, 1.54) is 5.56 Å². The fraction of sp³-hybridized carbons (Fsp3) is 0.429. The fourth-order valence-corrected chi connectivity index (χ4v) is 2.68. The third kappa shape index (κ3) is 3.22. The molecule has 1 heterocycles. The van der Waals surface area contributed by atoms with Gasteiger partial charge in [-0.05, 0) is 24.6 Å². The first-order valence-electron chi connectivity index (χ1n) is 6.64. The van der Waals surface area contributed by atoms with Crippen LogP contribution in [0.1, 0.15) is 37.6 Å². The number of benzene rings is 1. The molecule has 0 aliphatic carbocycles. The fourth-order valence-electron chi connectivity index (χ4n) is 2.16. The highest BCUT2D eigenvalue weighted by Gasteiger charge is 2.19. The summed E-state index contributed by atoms with van der Waals surface area (Å²) in [6, 6.07) is 8.38. The van der Waals surface area contributed by atoms with Crippen LogP contribution in [0.3, 0.4) is 0 Å². The van der Waals surface area contributed by atoms with Gasteiger partial charge in [0.1, 0.15) is 0 Å². The van der Waals surface area contributed by atoms with Gasteiger partial charge in [-0.3, -0.25) is 0 Å². The summed E-state index contributed by atoms with van der Waals surface area (Å²) >= 11 is 3.63. The van der Waals surface area contributed by atoms with Crippen LogP contribution in [-0.4, -0.2) is 21.5 Å². The molecule has 5 heteroatoms. The molecule has 4 nitrogen and oxygen atoms in total. The molecular weight excluding hydrogens is 304 g/mol. The van der Waals surface area contributed by atoms with Gasteiger partial charge >= 0.3 is 0 Å². The maximum atomic E-state index is 4.18. The van der Waals surface area contributed by atoms with Crippen molar-refractivity contribution >= 4 is 15.9 Å². The lowest BCUT2D eigenvalue weighted by molar-refractivity contribution is 0.511. The zero-order chi connectivity index (χ0) is 13.7. The van der Waals surface area contributed by atoms with Crippen molar-refractivity contribution in [3.05, 3.63) is 46.2 Å². The highest BCUT2D eigenvalue weighted by atomic mass is 79.9. The molecule has 1 aromatic heterocycles. The average molecular weight is 323 g/mol. The summed E-state index contributed by atoms with van der Waals surface area (Å²) in [5, 5.41) is 11.7. The number of aryl methyl sites for hydroxylation is 1. The average Bonchev–Trinajstić information content (AvgIpc) is 2.86. The molecule has 0 amide bonds. The second-order valence-electron chi connectivity index (χ2n) is 4.39. The molecular formula is C14H19BrN4. The van der Waals surface area contributed by atoms with Gasteiger partial charge in [0.25, 0.3) is 0 Å². The molecule has 2 aromatic rings. The highest BCUT2D eigenvalue weighted by Crippen LogP contribution is 2.28. The van der Waals surface area contributed by atoms with E-state index in [9.17, 15) is 0 Å². The Hall–Kier alpha value is -1.20. The lowest BCUT2D eigenvalue weighted by Gasteiger charge is -2.20. The van der Waals surface area contributed by atoms with Gasteiger partial charge in [0.2, 0.25) is 0 Å². The van der Waals surface area contributed by atoms with Gasteiger partial charge in [-0.25, -0.2) is 4.68 Å². The summed E-state index contributed by atoms with van der Waals surface area (Å²) in [5.74, 6) is 0.